The normalized spacial score (nSPS) is 10.4. The van der Waals surface area contributed by atoms with Gasteiger partial charge in [0.15, 0.2) is 0 Å². The van der Waals surface area contributed by atoms with Crippen LogP contribution in [-0.4, -0.2) is 6.61 Å². The molecule has 0 bridgehead atoms. The Morgan fingerprint density at radius 2 is 1.88 bits per heavy atom. The Hall–Kier alpha value is -2.15. The Morgan fingerprint density at radius 3 is 2.56 bits per heavy atom. The van der Waals surface area contributed by atoms with E-state index in [1.807, 2.05) is 18.2 Å². The van der Waals surface area contributed by atoms with Crippen LogP contribution in [-0.2, 0) is 0 Å². The molecule has 0 aliphatic carbocycles. The van der Waals surface area contributed by atoms with Crippen LogP contribution in [0.1, 0.15) is 5.56 Å². The Kier molecular flexibility index (Phi) is 2.69. The molecule has 4 heteroatoms. The summed E-state index contributed by atoms with van der Waals surface area (Å²) in [5, 5.41) is 10.4. The van der Waals surface area contributed by atoms with E-state index >= 15 is 0 Å². The highest BCUT2D eigenvalue weighted by molar-refractivity contribution is 5.90. The lowest BCUT2D eigenvalue weighted by molar-refractivity contribution is -0.0499. The Labute approximate surface area is 90.7 Å². The van der Waals surface area contributed by atoms with Gasteiger partial charge in [0.05, 0.1) is 0 Å². The second kappa shape index (κ2) is 4.15. The topological polar surface area (TPSA) is 33.0 Å². The van der Waals surface area contributed by atoms with Gasteiger partial charge in [-0.2, -0.15) is 14.0 Å². The molecule has 2 aromatic carbocycles. The molecule has 0 spiro atoms. The van der Waals surface area contributed by atoms with Gasteiger partial charge in [0.1, 0.15) is 17.4 Å². The number of fused-ring (bicyclic) bond motifs is 1. The molecule has 0 heterocycles. The van der Waals surface area contributed by atoms with Crippen molar-refractivity contribution in [1.29, 1.82) is 5.26 Å². The number of alkyl halides is 2. The molecular formula is C12H7F2NO. The van der Waals surface area contributed by atoms with Crippen LogP contribution >= 0.6 is 0 Å². The minimum absolute atomic E-state index is 0.0869. The molecule has 2 rings (SSSR count). The number of nitrogens with zero attached hydrogens (tertiary/aromatic N) is 1. The Balaban J connectivity index is 2.64. The van der Waals surface area contributed by atoms with Crippen LogP contribution in [0.5, 0.6) is 5.75 Å². The first-order valence-electron chi connectivity index (χ1n) is 4.59. The Bertz CT molecular complexity index is 560. The van der Waals surface area contributed by atoms with E-state index in [1.165, 1.54) is 6.07 Å². The lowest BCUT2D eigenvalue weighted by Crippen LogP contribution is -2.03. The molecule has 2 nitrogen and oxygen atoms in total. The molecule has 2 aromatic rings. The first-order chi connectivity index (χ1) is 7.72. The summed E-state index contributed by atoms with van der Waals surface area (Å²) in [6.45, 7) is -2.92. The summed E-state index contributed by atoms with van der Waals surface area (Å²) in [4.78, 5) is 0. The van der Waals surface area contributed by atoms with Gasteiger partial charge in [0.25, 0.3) is 0 Å². The van der Waals surface area contributed by atoms with Gasteiger partial charge in [-0.05, 0) is 11.5 Å². The third-order valence-corrected chi connectivity index (χ3v) is 2.22. The van der Waals surface area contributed by atoms with Crippen LogP contribution in [0.2, 0.25) is 0 Å². The van der Waals surface area contributed by atoms with E-state index in [9.17, 15) is 8.78 Å². The van der Waals surface area contributed by atoms with E-state index in [1.54, 1.807) is 18.2 Å². The van der Waals surface area contributed by atoms with Crippen molar-refractivity contribution in [3.63, 3.8) is 0 Å². The van der Waals surface area contributed by atoms with Gasteiger partial charge < -0.3 is 4.74 Å². The average Bonchev–Trinajstić information content (AvgIpc) is 2.28. The zero-order chi connectivity index (χ0) is 11.5. The highest BCUT2D eigenvalue weighted by Crippen LogP contribution is 2.28. The summed E-state index contributed by atoms with van der Waals surface area (Å²) in [7, 11) is 0. The molecule has 0 unspecified atom stereocenters. The van der Waals surface area contributed by atoms with Gasteiger partial charge in [-0.1, -0.05) is 30.3 Å². The quantitative estimate of drug-likeness (QED) is 0.776. The number of ether oxygens (including phenoxy) is 1. The standard InChI is InChI=1S/C12H7F2NO/c13-12(14)16-11-6-5-8-3-1-2-4-9(8)10(11)7-15/h1-6,12H. The molecule has 0 aromatic heterocycles. The third kappa shape index (κ3) is 1.80. The molecule has 16 heavy (non-hydrogen) atoms. The minimum Gasteiger partial charge on any atom is -0.433 e. The van der Waals surface area contributed by atoms with Gasteiger partial charge in [0, 0.05) is 5.39 Å². The van der Waals surface area contributed by atoms with Crippen molar-refractivity contribution in [2.75, 3.05) is 0 Å². The number of benzene rings is 2. The van der Waals surface area contributed by atoms with Crippen molar-refractivity contribution in [2.45, 2.75) is 6.61 Å². The van der Waals surface area contributed by atoms with Gasteiger partial charge in [-0.25, -0.2) is 0 Å². The maximum Gasteiger partial charge on any atom is 0.387 e. The molecule has 0 N–H and O–H groups in total. The van der Waals surface area contributed by atoms with Crippen LogP contribution in [0.15, 0.2) is 36.4 Å². The molecule has 0 atom stereocenters. The maximum atomic E-state index is 12.1. The predicted octanol–water partition coefficient (Wildman–Crippen LogP) is 3.31. The molecule has 0 saturated carbocycles. The van der Waals surface area contributed by atoms with E-state index < -0.39 is 6.61 Å². The minimum atomic E-state index is -2.92. The van der Waals surface area contributed by atoms with Crippen molar-refractivity contribution in [1.82, 2.24) is 0 Å². The van der Waals surface area contributed by atoms with E-state index in [-0.39, 0.29) is 11.3 Å². The Morgan fingerprint density at radius 1 is 1.12 bits per heavy atom. The predicted molar refractivity (Wildman–Crippen MR) is 55.3 cm³/mol. The number of hydrogen-bond donors (Lipinski definition) is 0. The first kappa shape index (κ1) is 10.4. The smallest absolute Gasteiger partial charge is 0.387 e. The summed E-state index contributed by atoms with van der Waals surface area (Å²) < 4.78 is 28.5. The van der Waals surface area contributed by atoms with Gasteiger partial charge in [0.2, 0.25) is 0 Å². The fourth-order valence-corrected chi connectivity index (χ4v) is 1.56. The molecule has 0 radical (unpaired) electrons. The van der Waals surface area contributed by atoms with E-state index in [0.29, 0.717) is 5.39 Å². The number of rotatable bonds is 2. The summed E-state index contributed by atoms with van der Waals surface area (Å²) in [5.74, 6) is -0.0869. The molecule has 0 aliphatic rings. The number of halogens is 2. The summed E-state index contributed by atoms with van der Waals surface area (Å²) in [6.07, 6.45) is 0. The van der Waals surface area contributed by atoms with Gasteiger partial charge in [-0.3, -0.25) is 0 Å². The van der Waals surface area contributed by atoms with Gasteiger partial charge >= 0.3 is 6.61 Å². The fraction of sp³-hybridized carbons (Fsp3) is 0.0833. The average molecular weight is 219 g/mol. The zero-order valence-electron chi connectivity index (χ0n) is 8.15. The summed E-state index contributed by atoms with van der Waals surface area (Å²) in [5.41, 5.74) is 0.137. The lowest BCUT2D eigenvalue weighted by atomic mass is 10.0. The first-order valence-corrected chi connectivity index (χ1v) is 4.59. The second-order valence-electron chi connectivity index (χ2n) is 3.15. The molecule has 0 saturated heterocycles. The highest BCUT2D eigenvalue weighted by atomic mass is 19.3. The maximum absolute atomic E-state index is 12.1. The second-order valence-corrected chi connectivity index (χ2v) is 3.15. The van der Waals surface area contributed by atoms with Crippen molar-refractivity contribution < 1.29 is 13.5 Å². The molecule has 80 valence electrons. The van der Waals surface area contributed by atoms with E-state index in [0.717, 1.165) is 5.39 Å². The van der Waals surface area contributed by atoms with Gasteiger partial charge in [-0.15, -0.1) is 0 Å². The molecule has 0 fully saturated rings. The number of hydrogen-bond acceptors (Lipinski definition) is 2. The summed E-state index contributed by atoms with van der Waals surface area (Å²) >= 11 is 0. The van der Waals surface area contributed by atoms with Crippen molar-refractivity contribution >= 4 is 10.8 Å². The monoisotopic (exact) mass is 219 g/mol. The highest BCUT2D eigenvalue weighted by Gasteiger charge is 2.11. The van der Waals surface area contributed by atoms with Crippen LogP contribution in [0.25, 0.3) is 10.8 Å². The van der Waals surface area contributed by atoms with Crippen molar-refractivity contribution in [3.8, 4) is 11.8 Å². The van der Waals surface area contributed by atoms with Crippen LogP contribution < -0.4 is 4.74 Å². The fourth-order valence-electron chi connectivity index (χ4n) is 1.56. The van der Waals surface area contributed by atoms with Crippen molar-refractivity contribution in [2.24, 2.45) is 0 Å². The van der Waals surface area contributed by atoms with E-state index in [4.69, 9.17) is 5.26 Å². The molecular weight excluding hydrogens is 212 g/mol. The van der Waals surface area contributed by atoms with Crippen LogP contribution in [0.3, 0.4) is 0 Å². The molecule has 0 amide bonds. The van der Waals surface area contributed by atoms with Crippen LogP contribution in [0, 0.1) is 11.3 Å². The molecule has 0 aliphatic heterocycles. The third-order valence-electron chi connectivity index (χ3n) is 2.22. The number of nitriles is 1. The largest absolute Gasteiger partial charge is 0.433 e. The summed E-state index contributed by atoms with van der Waals surface area (Å²) in [6, 6.07) is 12.0. The van der Waals surface area contributed by atoms with Crippen molar-refractivity contribution in [3.05, 3.63) is 42.0 Å². The lowest BCUT2D eigenvalue weighted by Gasteiger charge is -2.08. The van der Waals surface area contributed by atoms with E-state index in [2.05, 4.69) is 4.74 Å². The zero-order valence-corrected chi connectivity index (χ0v) is 8.15. The SMILES string of the molecule is N#Cc1c(OC(F)F)ccc2ccccc12. The van der Waals surface area contributed by atoms with Crippen LogP contribution in [0.4, 0.5) is 8.78 Å².